The van der Waals surface area contributed by atoms with Gasteiger partial charge >= 0.3 is 12.1 Å². The summed E-state index contributed by atoms with van der Waals surface area (Å²) in [5.74, 6) is -2.70. The second kappa shape index (κ2) is 5.60. The molecule has 3 N–H and O–H groups in total. The van der Waals surface area contributed by atoms with E-state index in [4.69, 9.17) is 14.4 Å². The Bertz CT molecular complexity index is 517. The molecule has 2 heterocycles. The third-order valence-electron chi connectivity index (χ3n) is 2.69. The number of carbonyl (C=O) groups is 1. The first-order chi connectivity index (χ1) is 9.74. The number of halogens is 3. The zero-order valence-electron chi connectivity index (χ0n) is 10.1. The Labute approximate surface area is 114 Å². The highest BCUT2D eigenvalue weighted by molar-refractivity contribution is 5.75. The Balaban J connectivity index is 2.09. The zero-order chi connectivity index (χ0) is 15.8. The normalized spacial score (nSPS) is 29.6. The molecule has 1 fully saturated rings. The molecule has 0 spiro atoms. The molecule has 118 valence electrons. The van der Waals surface area contributed by atoms with Crippen LogP contribution in [-0.4, -0.2) is 51.1 Å². The van der Waals surface area contributed by atoms with Crippen LogP contribution in [-0.2, 0) is 20.9 Å². The van der Waals surface area contributed by atoms with Crippen LogP contribution in [0, 0.1) is 0 Å². The Hall–Kier alpha value is -1.69. The van der Waals surface area contributed by atoms with Gasteiger partial charge in [-0.05, 0) is 0 Å². The van der Waals surface area contributed by atoms with Crippen molar-refractivity contribution in [3.05, 3.63) is 17.5 Å². The van der Waals surface area contributed by atoms with E-state index in [2.05, 4.69) is 9.89 Å². The molecule has 1 aliphatic heterocycles. The smallest absolute Gasteiger partial charge is 0.426 e. The van der Waals surface area contributed by atoms with Crippen LogP contribution in [0.15, 0.2) is 10.6 Å². The van der Waals surface area contributed by atoms with Crippen molar-refractivity contribution in [2.24, 2.45) is 0 Å². The van der Waals surface area contributed by atoms with Crippen LogP contribution >= 0.6 is 0 Å². The summed E-state index contributed by atoms with van der Waals surface area (Å²) in [5, 5.41) is 31.4. The molecule has 0 aliphatic carbocycles. The van der Waals surface area contributed by atoms with Gasteiger partial charge in [-0.1, -0.05) is 5.16 Å². The summed E-state index contributed by atoms with van der Waals surface area (Å²) >= 11 is 0. The maximum absolute atomic E-state index is 12.1. The Morgan fingerprint density at radius 1 is 1.38 bits per heavy atom. The number of alkyl halides is 3. The first-order valence-corrected chi connectivity index (χ1v) is 5.59. The number of esters is 1. The monoisotopic (exact) mass is 313 g/mol. The van der Waals surface area contributed by atoms with Crippen molar-refractivity contribution in [1.29, 1.82) is 0 Å². The van der Waals surface area contributed by atoms with Gasteiger partial charge in [0.1, 0.15) is 17.9 Å². The third kappa shape index (κ3) is 3.15. The van der Waals surface area contributed by atoms with E-state index in [0.29, 0.717) is 0 Å². The highest BCUT2D eigenvalue weighted by Gasteiger charge is 2.51. The highest BCUT2D eigenvalue weighted by atomic mass is 19.4. The standard InChI is InChI=1S/C10H10F3NO7/c11-10(12,13)9(18)20-8-6(17)5(16)7(19-8)4-1-3(2-15)14-21-4/h1,5-8,15-17H,2H2. The van der Waals surface area contributed by atoms with Crippen LogP contribution < -0.4 is 0 Å². The van der Waals surface area contributed by atoms with Gasteiger partial charge in [-0.25, -0.2) is 4.79 Å². The average molecular weight is 313 g/mol. The van der Waals surface area contributed by atoms with Crippen molar-refractivity contribution < 1.29 is 47.3 Å². The summed E-state index contributed by atoms with van der Waals surface area (Å²) < 4.78 is 49.7. The molecule has 0 radical (unpaired) electrons. The molecule has 0 aromatic carbocycles. The van der Waals surface area contributed by atoms with Crippen molar-refractivity contribution in [2.45, 2.75) is 37.4 Å². The van der Waals surface area contributed by atoms with Crippen molar-refractivity contribution in [3.63, 3.8) is 0 Å². The highest BCUT2D eigenvalue weighted by Crippen LogP contribution is 2.35. The summed E-state index contributed by atoms with van der Waals surface area (Å²) in [6.07, 6.45) is -12.3. The van der Waals surface area contributed by atoms with Gasteiger partial charge in [-0.3, -0.25) is 0 Å². The van der Waals surface area contributed by atoms with Gasteiger partial charge in [0.05, 0.1) is 6.61 Å². The lowest BCUT2D eigenvalue weighted by Crippen LogP contribution is -2.37. The van der Waals surface area contributed by atoms with Crippen molar-refractivity contribution >= 4 is 5.97 Å². The molecule has 0 bridgehead atoms. The quantitative estimate of drug-likeness (QED) is 0.632. The Morgan fingerprint density at radius 3 is 2.57 bits per heavy atom. The van der Waals surface area contributed by atoms with Crippen LogP contribution in [0.2, 0.25) is 0 Å². The average Bonchev–Trinajstić information content (AvgIpc) is 2.97. The fourth-order valence-electron chi connectivity index (χ4n) is 1.69. The molecule has 1 saturated heterocycles. The van der Waals surface area contributed by atoms with E-state index in [1.54, 1.807) is 0 Å². The van der Waals surface area contributed by atoms with Crippen LogP contribution in [0.4, 0.5) is 13.2 Å². The van der Waals surface area contributed by atoms with Crippen LogP contribution in [0.3, 0.4) is 0 Å². The van der Waals surface area contributed by atoms with E-state index in [1.807, 2.05) is 0 Å². The SMILES string of the molecule is O=C(OC1OC(c2cc(CO)no2)C(O)C1O)C(F)(F)F. The lowest BCUT2D eigenvalue weighted by molar-refractivity contribution is -0.232. The second-order valence-electron chi connectivity index (χ2n) is 4.19. The number of aromatic nitrogens is 1. The number of carbonyl (C=O) groups excluding carboxylic acids is 1. The van der Waals surface area contributed by atoms with Gasteiger partial charge in [-0.2, -0.15) is 13.2 Å². The maximum Gasteiger partial charge on any atom is 0.491 e. The molecule has 21 heavy (non-hydrogen) atoms. The molecule has 1 aliphatic rings. The Morgan fingerprint density at radius 2 is 2.05 bits per heavy atom. The molecule has 4 unspecified atom stereocenters. The van der Waals surface area contributed by atoms with E-state index in [0.717, 1.165) is 0 Å². The minimum atomic E-state index is -5.26. The van der Waals surface area contributed by atoms with E-state index < -0.39 is 43.4 Å². The summed E-state index contributed by atoms with van der Waals surface area (Å²) in [6.45, 7) is -0.471. The summed E-state index contributed by atoms with van der Waals surface area (Å²) in [4.78, 5) is 10.7. The molecule has 4 atom stereocenters. The van der Waals surface area contributed by atoms with Gasteiger partial charge in [0, 0.05) is 6.07 Å². The topological polar surface area (TPSA) is 122 Å². The lowest BCUT2D eigenvalue weighted by Gasteiger charge is -2.15. The molecule has 8 nitrogen and oxygen atoms in total. The van der Waals surface area contributed by atoms with Gasteiger partial charge in [0.2, 0.25) is 6.29 Å². The maximum atomic E-state index is 12.1. The van der Waals surface area contributed by atoms with Crippen LogP contribution in [0.5, 0.6) is 0 Å². The predicted octanol–water partition coefficient (Wildman–Crippen LogP) is -0.608. The number of aliphatic hydroxyl groups excluding tert-OH is 3. The summed E-state index contributed by atoms with van der Waals surface area (Å²) in [5.41, 5.74) is 0.0889. The molecular formula is C10H10F3NO7. The van der Waals surface area contributed by atoms with Crippen molar-refractivity contribution in [3.8, 4) is 0 Å². The fraction of sp³-hybridized carbons (Fsp3) is 0.600. The summed E-state index contributed by atoms with van der Waals surface area (Å²) in [7, 11) is 0. The molecule has 0 amide bonds. The van der Waals surface area contributed by atoms with Crippen molar-refractivity contribution in [2.75, 3.05) is 0 Å². The zero-order valence-corrected chi connectivity index (χ0v) is 10.1. The van der Waals surface area contributed by atoms with E-state index >= 15 is 0 Å². The first-order valence-electron chi connectivity index (χ1n) is 5.59. The fourth-order valence-corrected chi connectivity index (χ4v) is 1.69. The molecular weight excluding hydrogens is 303 g/mol. The first kappa shape index (κ1) is 15.7. The Kier molecular flexibility index (Phi) is 4.18. The van der Waals surface area contributed by atoms with Gasteiger partial charge in [0.25, 0.3) is 0 Å². The number of hydrogen-bond acceptors (Lipinski definition) is 8. The van der Waals surface area contributed by atoms with Crippen LogP contribution in [0.1, 0.15) is 17.6 Å². The minimum Gasteiger partial charge on any atom is -0.426 e. The van der Waals surface area contributed by atoms with Gasteiger partial charge in [-0.15, -0.1) is 0 Å². The van der Waals surface area contributed by atoms with E-state index in [1.165, 1.54) is 6.07 Å². The van der Waals surface area contributed by atoms with Gasteiger partial charge < -0.3 is 29.3 Å². The number of ether oxygens (including phenoxy) is 2. The number of rotatable bonds is 3. The van der Waals surface area contributed by atoms with Crippen LogP contribution in [0.25, 0.3) is 0 Å². The number of hydrogen-bond donors (Lipinski definition) is 3. The van der Waals surface area contributed by atoms with E-state index in [-0.39, 0.29) is 11.5 Å². The molecule has 1 aromatic heterocycles. The molecule has 2 rings (SSSR count). The van der Waals surface area contributed by atoms with E-state index in [9.17, 15) is 28.2 Å². The lowest BCUT2D eigenvalue weighted by atomic mass is 10.1. The molecule has 1 aromatic rings. The summed E-state index contributed by atoms with van der Waals surface area (Å²) in [6, 6.07) is 1.18. The van der Waals surface area contributed by atoms with Gasteiger partial charge in [0.15, 0.2) is 11.9 Å². The molecule has 0 saturated carbocycles. The van der Waals surface area contributed by atoms with Crippen molar-refractivity contribution in [1.82, 2.24) is 5.16 Å². The molecule has 11 heteroatoms. The number of nitrogens with zero attached hydrogens (tertiary/aromatic N) is 1. The largest absolute Gasteiger partial charge is 0.491 e. The predicted molar refractivity (Wildman–Crippen MR) is 54.2 cm³/mol. The third-order valence-corrected chi connectivity index (χ3v) is 2.69. The minimum absolute atomic E-state index is 0.0889. The number of aliphatic hydroxyl groups is 3. The second-order valence-corrected chi connectivity index (χ2v) is 4.19.